The van der Waals surface area contributed by atoms with Gasteiger partial charge in [0.1, 0.15) is 0 Å². The van der Waals surface area contributed by atoms with E-state index >= 15 is 0 Å². The van der Waals surface area contributed by atoms with Gasteiger partial charge in [-0.2, -0.15) is 0 Å². The summed E-state index contributed by atoms with van der Waals surface area (Å²) in [6.45, 7) is 1.23. The van der Waals surface area contributed by atoms with E-state index in [1.807, 2.05) is 0 Å². The minimum atomic E-state index is -0.924. The maximum Gasteiger partial charge on any atom is 0.337 e. The normalized spacial score (nSPS) is 15.6. The molecule has 0 bridgehead atoms. The number of rotatable bonds is 6. The smallest absolute Gasteiger partial charge is 0.337 e. The monoisotopic (exact) mass is 327 g/mol. The Morgan fingerprint density at radius 2 is 2.16 bits per heavy atom. The number of hydrogen-bond donors (Lipinski definition) is 2. The Labute approximate surface area is 121 Å². The summed E-state index contributed by atoms with van der Waals surface area (Å²) < 4.78 is 6.59. The Kier molecular flexibility index (Phi) is 5.22. The van der Waals surface area contributed by atoms with E-state index in [1.165, 1.54) is 12.8 Å². The predicted molar refractivity (Wildman–Crippen MR) is 77.8 cm³/mol. The fourth-order valence-corrected chi connectivity index (χ4v) is 2.68. The molecular weight excluding hydrogens is 310 g/mol. The van der Waals surface area contributed by atoms with Gasteiger partial charge in [0.15, 0.2) is 0 Å². The predicted octanol–water partition coefficient (Wildman–Crippen LogP) is 3.52. The highest BCUT2D eigenvalue weighted by Gasteiger charge is 2.15. The molecule has 0 radical (unpaired) electrons. The van der Waals surface area contributed by atoms with Crippen molar-refractivity contribution in [1.29, 1.82) is 0 Å². The molecule has 0 amide bonds. The van der Waals surface area contributed by atoms with Crippen LogP contribution in [0.15, 0.2) is 22.7 Å². The summed E-state index contributed by atoms with van der Waals surface area (Å²) in [6.07, 6.45) is 5.21. The molecule has 104 valence electrons. The van der Waals surface area contributed by atoms with Gasteiger partial charge in [0.25, 0.3) is 0 Å². The van der Waals surface area contributed by atoms with Crippen LogP contribution in [0.5, 0.6) is 0 Å². The highest BCUT2D eigenvalue weighted by atomic mass is 79.9. The van der Waals surface area contributed by atoms with Crippen molar-refractivity contribution in [3.8, 4) is 0 Å². The summed E-state index contributed by atoms with van der Waals surface area (Å²) in [5, 5.41) is 12.2. The summed E-state index contributed by atoms with van der Waals surface area (Å²) in [6, 6.07) is 5.09. The van der Waals surface area contributed by atoms with Crippen molar-refractivity contribution in [3.63, 3.8) is 0 Å². The number of carbonyl (C=O) groups is 1. The van der Waals surface area contributed by atoms with Gasteiger partial charge in [-0.15, -0.1) is 0 Å². The summed E-state index contributed by atoms with van der Waals surface area (Å²) in [4.78, 5) is 11.1. The first kappa shape index (κ1) is 14.3. The molecule has 0 aromatic heterocycles. The molecule has 2 N–H and O–H groups in total. The van der Waals surface area contributed by atoms with Crippen LogP contribution in [0.4, 0.5) is 5.69 Å². The second-order valence-corrected chi connectivity index (χ2v) is 5.61. The Morgan fingerprint density at radius 3 is 2.84 bits per heavy atom. The topological polar surface area (TPSA) is 58.6 Å². The zero-order chi connectivity index (χ0) is 13.7. The van der Waals surface area contributed by atoms with Crippen LogP contribution in [-0.2, 0) is 4.74 Å². The van der Waals surface area contributed by atoms with Crippen molar-refractivity contribution in [1.82, 2.24) is 0 Å². The minimum Gasteiger partial charge on any atom is -0.478 e. The third-order valence-electron chi connectivity index (χ3n) is 3.29. The van der Waals surface area contributed by atoms with Crippen molar-refractivity contribution in [2.24, 2.45) is 0 Å². The van der Waals surface area contributed by atoms with E-state index in [-0.39, 0.29) is 5.56 Å². The van der Waals surface area contributed by atoms with E-state index in [9.17, 15) is 4.79 Å². The maximum absolute atomic E-state index is 11.1. The van der Waals surface area contributed by atoms with Crippen molar-refractivity contribution in [3.05, 3.63) is 28.2 Å². The lowest BCUT2D eigenvalue weighted by atomic mass is 10.2. The number of ether oxygens (including phenoxy) is 1. The molecule has 0 unspecified atom stereocenters. The Morgan fingerprint density at radius 1 is 1.42 bits per heavy atom. The van der Waals surface area contributed by atoms with Gasteiger partial charge in [0, 0.05) is 16.7 Å². The SMILES string of the molecule is O=C(O)c1ccc(Br)cc1NCCOC1CCCC1. The lowest BCUT2D eigenvalue weighted by Gasteiger charge is -2.13. The van der Waals surface area contributed by atoms with E-state index in [2.05, 4.69) is 21.2 Å². The van der Waals surface area contributed by atoms with Gasteiger partial charge in [-0.25, -0.2) is 4.79 Å². The van der Waals surface area contributed by atoms with E-state index in [0.717, 1.165) is 17.3 Å². The quantitative estimate of drug-likeness (QED) is 0.785. The van der Waals surface area contributed by atoms with Crippen LogP contribution >= 0.6 is 15.9 Å². The average molecular weight is 328 g/mol. The van der Waals surface area contributed by atoms with E-state index in [0.29, 0.717) is 24.9 Å². The number of anilines is 1. The molecule has 4 nitrogen and oxygen atoms in total. The molecule has 1 aliphatic rings. The molecule has 1 aromatic rings. The molecule has 1 aliphatic carbocycles. The van der Waals surface area contributed by atoms with Crippen molar-refractivity contribution < 1.29 is 14.6 Å². The molecular formula is C14H18BrNO3. The van der Waals surface area contributed by atoms with Gasteiger partial charge in [-0.1, -0.05) is 28.8 Å². The van der Waals surface area contributed by atoms with Crippen molar-refractivity contribution >= 4 is 27.6 Å². The highest BCUT2D eigenvalue weighted by Crippen LogP contribution is 2.22. The summed E-state index contributed by atoms with van der Waals surface area (Å²) in [5.74, 6) is -0.924. The van der Waals surface area contributed by atoms with Crippen LogP contribution in [0.2, 0.25) is 0 Å². The van der Waals surface area contributed by atoms with Gasteiger partial charge >= 0.3 is 5.97 Å². The largest absolute Gasteiger partial charge is 0.478 e. The number of carboxylic acids is 1. The van der Waals surface area contributed by atoms with Crippen LogP contribution in [0.1, 0.15) is 36.0 Å². The van der Waals surface area contributed by atoms with E-state index in [4.69, 9.17) is 9.84 Å². The molecule has 1 aromatic carbocycles. The number of hydrogen-bond acceptors (Lipinski definition) is 3. The second-order valence-electron chi connectivity index (χ2n) is 4.70. The third-order valence-corrected chi connectivity index (χ3v) is 3.78. The molecule has 0 heterocycles. The van der Waals surface area contributed by atoms with Crippen LogP contribution in [0.3, 0.4) is 0 Å². The van der Waals surface area contributed by atoms with Crippen molar-refractivity contribution in [2.45, 2.75) is 31.8 Å². The lowest BCUT2D eigenvalue weighted by molar-refractivity contribution is 0.0656. The first-order chi connectivity index (χ1) is 9.16. The number of halogens is 1. The van der Waals surface area contributed by atoms with E-state index in [1.54, 1.807) is 18.2 Å². The van der Waals surface area contributed by atoms with Crippen LogP contribution in [0, 0.1) is 0 Å². The first-order valence-corrected chi connectivity index (χ1v) is 7.34. The van der Waals surface area contributed by atoms with Crippen LogP contribution in [-0.4, -0.2) is 30.3 Å². The zero-order valence-electron chi connectivity index (χ0n) is 10.7. The first-order valence-electron chi connectivity index (χ1n) is 6.55. The molecule has 0 aliphatic heterocycles. The molecule has 1 fully saturated rings. The Balaban J connectivity index is 1.84. The van der Waals surface area contributed by atoms with Gasteiger partial charge in [-0.05, 0) is 31.0 Å². The molecule has 1 saturated carbocycles. The van der Waals surface area contributed by atoms with Crippen LogP contribution in [0.25, 0.3) is 0 Å². The van der Waals surface area contributed by atoms with E-state index < -0.39 is 5.97 Å². The fourth-order valence-electron chi connectivity index (χ4n) is 2.32. The molecule has 0 atom stereocenters. The Hall–Kier alpha value is -1.07. The average Bonchev–Trinajstić information content (AvgIpc) is 2.87. The van der Waals surface area contributed by atoms with Crippen molar-refractivity contribution in [2.75, 3.05) is 18.5 Å². The Bertz CT molecular complexity index is 444. The molecule has 5 heteroatoms. The minimum absolute atomic E-state index is 0.282. The summed E-state index contributed by atoms with van der Waals surface area (Å²) in [7, 11) is 0. The standard InChI is InChI=1S/C14H18BrNO3/c15-10-5-6-12(14(17)18)13(9-10)16-7-8-19-11-3-1-2-4-11/h5-6,9,11,16H,1-4,7-8H2,(H,17,18). The third kappa shape index (κ3) is 4.21. The molecule has 19 heavy (non-hydrogen) atoms. The molecule has 0 spiro atoms. The number of benzene rings is 1. The number of carboxylic acid groups (broad SMARTS) is 1. The molecule has 0 saturated heterocycles. The van der Waals surface area contributed by atoms with Gasteiger partial charge in [0.05, 0.1) is 18.3 Å². The number of nitrogens with one attached hydrogen (secondary N) is 1. The summed E-state index contributed by atoms with van der Waals surface area (Å²) in [5.41, 5.74) is 0.904. The number of aromatic carboxylic acids is 1. The molecule has 2 rings (SSSR count). The summed E-state index contributed by atoms with van der Waals surface area (Å²) >= 11 is 3.34. The van der Waals surface area contributed by atoms with Gasteiger partial charge in [0.2, 0.25) is 0 Å². The van der Waals surface area contributed by atoms with Crippen LogP contribution < -0.4 is 5.32 Å². The fraction of sp³-hybridized carbons (Fsp3) is 0.500. The highest BCUT2D eigenvalue weighted by molar-refractivity contribution is 9.10. The second kappa shape index (κ2) is 6.91. The lowest BCUT2D eigenvalue weighted by Crippen LogP contribution is -2.16. The van der Waals surface area contributed by atoms with Gasteiger partial charge < -0.3 is 15.2 Å². The maximum atomic E-state index is 11.1. The zero-order valence-corrected chi connectivity index (χ0v) is 12.3. The van der Waals surface area contributed by atoms with Gasteiger partial charge in [-0.3, -0.25) is 0 Å².